The SMILES string of the molecule is COc1ccc(OC)c([C@H]2c3c(n[nH]c3C)C(=O)N2C)c1. The summed E-state index contributed by atoms with van der Waals surface area (Å²) >= 11 is 0. The minimum absolute atomic E-state index is 0.0933. The van der Waals surface area contributed by atoms with Crippen LogP contribution in [0.1, 0.15) is 33.4 Å². The van der Waals surface area contributed by atoms with E-state index in [1.165, 1.54) is 0 Å². The van der Waals surface area contributed by atoms with Crippen LogP contribution < -0.4 is 9.47 Å². The molecule has 6 heteroatoms. The van der Waals surface area contributed by atoms with E-state index in [0.29, 0.717) is 11.4 Å². The molecular weight excluding hydrogens is 270 g/mol. The number of amides is 1. The Kier molecular flexibility index (Phi) is 3.08. The second-order valence-corrected chi connectivity index (χ2v) is 5.04. The maximum absolute atomic E-state index is 12.3. The molecule has 2 heterocycles. The zero-order valence-corrected chi connectivity index (χ0v) is 12.4. The number of aromatic amines is 1. The van der Waals surface area contributed by atoms with Gasteiger partial charge < -0.3 is 14.4 Å². The Hall–Kier alpha value is -2.50. The van der Waals surface area contributed by atoms with Gasteiger partial charge in [-0.3, -0.25) is 9.89 Å². The van der Waals surface area contributed by atoms with E-state index in [9.17, 15) is 4.79 Å². The first-order valence-electron chi connectivity index (χ1n) is 6.62. The van der Waals surface area contributed by atoms with E-state index in [1.54, 1.807) is 26.2 Å². The highest BCUT2D eigenvalue weighted by Gasteiger charge is 2.40. The lowest BCUT2D eigenvalue weighted by molar-refractivity contribution is 0.0786. The Morgan fingerprint density at radius 3 is 2.71 bits per heavy atom. The zero-order valence-electron chi connectivity index (χ0n) is 12.4. The van der Waals surface area contributed by atoms with E-state index < -0.39 is 0 Å². The number of H-pyrrole nitrogens is 1. The number of carbonyl (C=O) groups excluding carboxylic acids is 1. The Labute approximate surface area is 122 Å². The number of benzene rings is 1. The fraction of sp³-hybridized carbons (Fsp3) is 0.333. The van der Waals surface area contributed by atoms with Gasteiger partial charge in [0.05, 0.1) is 20.3 Å². The summed E-state index contributed by atoms with van der Waals surface area (Å²) in [6, 6.07) is 5.35. The Balaban J connectivity index is 2.20. The predicted octanol–water partition coefficient (Wildman–Crippen LogP) is 1.91. The van der Waals surface area contributed by atoms with E-state index >= 15 is 0 Å². The molecule has 0 spiro atoms. The Morgan fingerprint density at radius 1 is 1.29 bits per heavy atom. The molecule has 0 radical (unpaired) electrons. The van der Waals surface area contributed by atoms with E-state index in [4.69, 9.17) is 9.47 Å². The molecule has 2 aromatic rings. The first kappa shape index (κ1) is 13.5. The summed E-state index contributed by atoms with van der Waals surface area (Å²) in [5.41, 5.74) is 3.15. The van der Waals surface area contributed by atoms with Crippen LogP contribution in [0.15, 0.2) is 18.2 Å². The number of hydrogen-bond donors (Lipinski definition) is 1. The van der Waals surface area contributed by atoms with Crippen molar-refractivity contribution in [3.8, 4) is 11.5 Å². The molecular formula is C15H17N3O3. The van der Waals surface area contributed by atoms with E-state index in [0.717, 1.165) is 22.6 Å². The van der Waals surface area contributed by atoms with Crippen molar-refractivity contribution >= 4 is 5.91 Å². The number of fused-ring (bicyclic) bond motifs is 1. The fourth-order valence-corrected chi connectivity index (χ4v) is 2.83. The summed E-state index contributed by atoms with van der Waals surface area (Å²) in [5.74, 6) is 1.35. The predicted molar refractivity (Wildman–Crippen MR) is 76.8 cm³/mol. The molecule has 1 atom stereocenters. The molecule has 6 nitrogen and oxygen atoms in total. The largest absolute Gasteiger partial charge is 0.497 e. The van der Waals surface area contributed by atoms with Gasteiger partial charge in [0.2, 0.25) is 0 Å². The molecule has 3 rings (SSSR count). The summed E-state index contributed by atoms with van der Waals surface area (Å²) < 4.78 is 10.7. The molecule has 110 valence electrons. The number of nitrogens with one attached hydrogen (secondary N) is 1. The van der Waals surface area contributed by atoms with Gasteiger partial charge in [-0.15, -0.1) is 0 Å². The smallest absolute Gasteiger partial charge is 0.275 e. The molecule has 0 fully saturated rings. The lowest BCUT2D eigenvalue weighted by Crippen LogP contribution is -2.25. The number of hydrogen-bond acceptors (Lipinski definition) is 4. The van der Waals surface area contributed by atoms with E-state index in [1.807, 2.05) is 25.1 Å². The van der Waals surface area contributed by atoms with Crippen molar-refractivity contribution in [3.05, 3.63) is 40.7 Å². The molecule has 0 aliphatic carbocycles. The quantitative estimate of drug-likeness (QED) is 0.936. The van der Waals surface area contributed by atoms with Crippen LogP contribution >= 0.6 is 0 Å². The van der Waals surface area contributed by atoms with Crippen LogP contribution in [-0.2, 0) is 0 Å². The van der Waals surface area contributed by atoms with Crippen molar-refractivity contribution in [2.24, 2.45) is 0 Å². The number of nitrogens with zero attached hydrogens (tertiary/aromatic N) is 2. The topological polar surface area (TPSA) is 67.5 Å². The maximum Gasteiger partial charge on any atom is 0.275 e. The van der Waals surface area contributed by atoms with Crippen LogP contribution in [0, 0.1) is 6.92 Å². The molecule has 0 saturated heterocycles. The third-order valence-electron chi connectivity index (χ3n) is 3.91. The number of ether oxygens (including phenoxy) is 2. The monoisotopic (exact) mass is 287 g/mol. The molecule has 1 aromatic carbocycles. The molecule has 0 saturated carbocycles. The molecule has 1 aliphatic heterocycles. The number of rotatable bonds is 3. The number of carbonyl (C=O) groups is 1. The van der Waals surface area contributed by atoms with Gasteiger partial charge in [0.15, 0.2) is 5.69 Å². The second-order valence-electron chi connectivity index (χ2n) is 5.04. The summed E-state index contributed by atoms with van der Waals surface area (Å²) in [6.45, 7) is 1.91. The molecule has 0 bridgehead atoms. The minimum atomic E-state index is -0.226. The lowest BCUT2D eigenvalue weighted by Gasteiger charge is -2.23. The summed E-state index contributed by atoms with van der Waals surface area (Å²) in [4.78, 5) is 14.0. The lowest BCUT2D eigenvalue weighted by atomic mass is 9.98. The average Bonchev–Trinajstić information content (AvgIpc) is 2.99. The number of aryl methyl sites for hydroxylation is 1. The molecule has 1 amide bonds. The van der Waals surface area contributed by atoms with E-state index in [-0.39, 0.29) is 11.9 Å². The molecule has 21 heavy (non-hydrogen) atoms. The van der Waals surface area contributed by atoms with Gasteiger partial charge in [0.25, 0.3) is 5.91 Å². The van der Waals surface area contributed by atoms with Crippen molar-refractivity contribution in [1.29, 1.82) is 0 Å². The summed E-state index contributed by atoms with van der Waals surface area (Å²) in [6.07, 6.45) is 0. The van der Waals surface area contributed by atoms with Crippen LogP contribution in [0.2, 0.25) is 0 Å². The standard InChI is InChI=1S/C15H17N3O3/c1-8-12-13(17-16-8)15(19)18(2)14(12)10-7-9(20-3)5-6-11(10)21-4/h5-7,14H,1-4H3,(H,16,17)/t14-/m0/s1. The summed E-state index contributed by atoms with van der Waals surface area (Å²) in [7, 11) is 5.00. The third kappa shape index (κ3) is 1.86. The second kappa shape index (κ2) is 4.80. The van der Waals surface area contributed by atoms with Gasteiger partial charge in [0, 0.05) is 23.9 Å². The fourth-order valence-electron chi connectivity index (χ4n) is 2.83. The van der Waals surface area contributed by atoms with Gasteiger partial charge in [-0.25, -0.2) is 0 Å². The van der Waals surface area contributed by atoms with Crippen molar-refractivity contribution in [1.82, 2.24) is 15.1 Å². The maximum atomic E-state index is 12.3. The molecule has 1 aromatic heterocycles. The van der Waals surface area contributed by atoms with Crippen molar-refractivity contribution < 1.29 is 14.3 Å². The van der Waals surface area contributed by atoms with Crippen molar-refractivity contribution in [3.63, 3.8) is 0 Å². The van der Waals surface area contributed by atoms with Gasteiger partial charge in [-0.1, -0.05) is 0 Å². The third-order valence-corrected chi connectivity index (χ3v) is 3.91. The van der Waals surface area contributed by atoms with Crippen LogP contribution in [-0.4, -0.2) is 42.3 Å². The molecule has 1 N–H and O–H groups in total. The van der Waals surface area contributed by atoms with Gasteiger partial charge in [-0.2, -0.15) is 5.10 Å². The summed E-state index contributed by atoms with van der Waals surface area (Å²) in [5, 5.41) is 7.00. The number of aromatic nitrogens is 2. The zero-order chi connectivity index (χ0) is 15.1. The van der Waals surface area contributed by atoms with Crippen molar-refractivity contribution in [2.45, 2.75) is 13.0 Å². The normalized spacial score (nSPS) is 17.0. The molecule has 1 aliphatic rings. The Bertz CT molecular complexity index is 708. The van der Waals surface area contributed by atoms with Crippen LogP contribution in [0.25, 0.3) is 0 Å². The van der Waals surface area contributed by atoms with Crippen LogP contribution in [0.3, 0.4) is 0 Å². The van der Waals surface area contributed by atoms with Gasteiger partial charge in [0.1, 0.15) is 11.5 Å². The van der Waals surface area contributed by atoms with Gasteiger partial charge in [-0.05, 0) is 25.1 Å². The van der Waals surface area contributed by atoms with Crippen LogP contribution in [0.4, 0.5) is 0 Å². The highest BCUT2D eigenvalue weighted by Crippen LogP contribution is 2.42. The van der Waals surface area contributed by atoms with Crippen molar-refractivity contribution in [2.75, 3.05) is 21.3 Å². The first-order valence-corrected chi connectivity index (χ1v) is 6.62. The minimum Gasteiger partial charge on any atom is -0.497 e. The van der Waals surface area contributed by atoms with Gasteiger partial charge >= 0.3 is 0 Å². The first-order chi connectivity index (χ1) is 10.1. The Morgan fingerprint density at radius 2 is 2.05 bits per heavy atom. The number of methoxy groups -OCH3 is 2. The highest BCUT2D eigenvalue weighted by atomic mass is 16.5. The van der Waals surface area contributed by atoms with E-state index in [2.05, 4.69) is 10.2 Å². The highest BCUT2D eigenvalue weighted by molar-refractivity contribution is 5.98. The average molecular weight is 287 g/mol. The van der Waals surface area contributed by atoms with Crippen LogP contribution in [0.5, 0.6) is 11.5 Å². The molecule has 0 unspecified atom stereocenters.